The van der Waals surface area contributed by atoms with Gasteiger partial charge in [-0.1, -0.05) is 291 Å². The third-order valence-corrected chi connectivity index (χ3v) is 17.8. The summed E-state index contributed by atoms with van der Waals surface area (Å²) in [6.45, 7) is 7.10. The van der Waals surface area contributed by atoms with Gasteiger partial charge >= 0.3 is 39.5 Å². The van der Waals surface area contributed by atoms with Crippen LogP contribution < -0.4 is 0 Å². The molecule has 0 aliphatic heterocycles. The van der Waals surface area contributed by atoms with Crippen molar-refractivity contribution in [1.29, 1.82) is 0 Å². The Balaban J connectivity index is 5.03. The minimum atomic E-state index is -4.94. The zero-order valence-electron chi connectivity index (χ0n) is 55.4. The summed E-state index contributed by atoms with van der Waals surface area (Å²) in [6.07, 6.45) is 46.7. The third kappa shape index (κ3) is 59.7. The van der Waals surface area contributed by atoms with Gasteiger partial charge in [0, 0.05) is 25.7 Å². The average Bonchev–Trinajstić information content (AvgIpc) is 3.57. The first kappa shape index (κ1) is 84.1. The number of ether oxygens (including phenoxy) is 4. The molecule has 19 heteroatoms. The molecule has 0 spiro atoms. The van der Waals surface area contributed by atoms with Gasteiger partial charge in [0.15, 0.2) is 12.2 Å². The fraction of sp³-hybridized carbons (Fsp3) is 0.940. The van der Waals surface area contributed by atoms with Gasteiger partial charge in [0.2, 0.25) is 0 Å². The quantitative estimate of drug-likeness (QED) is 0.0222. The van der Waals surface area contributed by atoms with Gasteiger partial charge in [-0.15, -0.1) is 0 Å². The van der Waals surface area contributed by atoms with Crippen LogP contribution >= 0.6 is 15.6 Å². The second kappa shape index (κ2) is 60.6. The van der Waals surface area contributed by atoms with Gasteiger partial charge in [-0.2, -0.15) is 0 Å². The molecular formula is C67H130O17P2. The number of aliphatic hydroxyl groups excluding tert-OH is 1. The van der Waals surface area contributed by atoms with E-state index in [9.17, 15) is 43.2 Å². The van der Waals surface area contributed by atoms with Crippen molar-refractivity contribution in [2.75, 3.05) is 39.6 Å². The molecule has 0 amide bonds. The van der Waals surface area contributed by atoms with E-state index in [1.807, 2.05) is 0 Å². The molecule has 510 valence electrons. The lowest BCUT2D eigenvalue weighted by atomic mass is 9.99. The zero-order valence-corrected chi connectivity index (χ0v) is 57.2. The molecule has 0 aliphatic carbocycles. The number of phosphoric acid groups is 2. The highest BCUT2D eigenvalue weighted by Gasteiger charge is 2.30. The van der Waals surface area contributed by atoms with E-state index in [1.165, 1.54) is 161 Å². The van der Waals surface area contributed by atoms with E-state index in [0.717, 1.165) is 102 Å². The van der Waals surface area contributed by atoms with E-state index in [4.69, 9.17) is 37.0 Å². The van der Waals surface area contributed by atoms with Crippen LogP contribution in [0.4, 0.5) is 0 Å². The molecule has 0 aromatic heterocycles. The fourth-order valence-corrected chi connectivity index (χ4v) is 11.7. The lowest BCUT2D eigenvalue weighted by molar-refractivity contribution is -0.161. The summed E-state index contributed by atoms with van der Waals surface area (Å²) >= 11 is 0. The number of rotatable bonds is 67. The van der Waals surface area contributed by atoms with Crippen molar-refractivity contribution in [2.24, 2.45) is 5.92 Å². The van der Waals surface area contributed by atoms with E-state index in [2.05, 4.69) is 34.6 Å². The predicted octanol–water partition coefficient (Wildman–Crippen LogP) is 19.0. The first-order valence-corrected chi connectivity index (χ1v) is 38.2. The number of esters is 4. The van der Waals surface area contributed by atoms with Crippen LogP contribution in [0.25, 0.3) is 0 Å². The van der Waals surface area contributed by atoms with Crippen molar-refractivity contribution >= 4 is 39.5 Å². The highest BCUT2D eigenvalue weighted by atomic mass is 31.2. The van der Waals surface area contributed by atoms with Crippen molar-refractivity contribution in [2.45, 2.75) is 361 Å². The van der Waals surface area contributed by atoms with Crippen LogP contribution in [0.2, 0.25) is 0 Å². The summed E-state index contributed by atoms with van der Waals surface area (Å²) in [4.78, 5) is 71.8. The lowest BCUT2D eigenvalue weighted by Crippen LogP contribution is -2.30. The van der Waals surface area contributed by atoms with Crippen LogP contribution in [0.5, 0.6) is 0 Å². The van der Waals surface area contributed by atoms with E-state index in [0.29, 0.717) is 25.7 Å². The number of aliphatic hydroxyl groups is 1. The van der Waals surface area contributed by atoms with Crippen LogP contribution in [0.1, 0.15) is 343 Å². The van der Waals surface area contributed by atoms with E-state index in [1.54, 1.807) is 0 Å². The number of unbranched alkanes of at least 4 members (excludes halogenated alkanes) is 38. The van der Waals surface area contributed by atoms with Gasteiger partial charge in [-0.3, -0.25) is 37.3 Å². The molecule has 0 aliphatic rings. The van der Waals surface area contributed by atoms with Gasteiger partial charge in [0.25, 0.3) is 0 Å². The molecule has 17 nitrogen and oxygen atoms in total. The summed E-state index contributed by atoms with van der Waals surface area (Å²) in [5, 5.41) is 10.5. The molecule has 0 aromatic carbocycles. The minimum absolute atomic E-state index is 0.0990. The second-order valence-electron chi connectivity index (χ2n) is 24.5. The molecule has 3 unspecified atom stereocenters. The molecule has 0 fully saturated rings. The highest BCUT2D eigenvalue weighted by Crippen LogP contribution is 2.45. The molecule has 86 heavy (non-hydrogen) atoms. The van der Waals surface area contributed by atoms with Gasteiger partial charge < -0.3 is 33.8 Å². The Morgan fingerprint density at radius 2 is 0.558 bits per heavy atom. The predicted molar refractivity (Wildman–Crippen MR) is 345 cm³/mol. The zero-order chi connectivity index (χ0) is 63.5. The smallest absolute Gasteiger partial charge is 0.462 e. The number of phosphoric ester groups is 2. The molecule has 0 saturated heterocycles. The van der Waals surface area contributed by atoms with E-state index >= 15 is 0 Å². The topological polar surface area (TPSA) is 237 Å². The fourth-order valence-electron chi connectivity index (χ4n) is 10.1. The molecular weight excluding hydrogens is 1140 g/mol. The van der Waals surface area contributed by atoms with Crippen molar-refractivity contribution in [1.82, 2.24) is 0 Å². The van der Waals surface area contributed by atoms with Gasteiger partial charge in [0.05, 0.1) is 26.4 Å². The Hall–Kier alpha value is -1.94. The first-order chi connectivity index (χ1) is 41.6. The maximum atomic E-state index is 13.0. The van der Waals surface area contributed by atoms with Crippen LogP contribution in [0, 0.1) is 5.92 Å². The first-order valence-electron chi connectivity index (χ1n) is 35.2. The largest absolute Gasteiger partial charge is 0.472 e. The molecule has 0 heterocycles. The summed E-state index contributed by atoms with van der Waals surface area (Å²) in [7, 11) is -9.87. The molecule has 0 saturated carbocycles. The van der Waals surface area contributed by atoms with Crippen molar-refractivity contribution in [3.05, 3.63) is 0 Å². The average molecular weight is 1270 g/mol. The van der Waals surface area contributed by atoms with Gasteiger partial charge in [-0.25, -0.2) is 9.13 Å². The van der Waals surface area contributed by atoms with Crippen LogP contribution in [0.3, 0.4) is 0 Å². The van der Waals surface area contributed by atoms with Gasteiger partial charge in [-0.05, 0) is 31.6 Å². The summed E-state index contributed by atoms with van der Waals surface area (Å²) in [6, 6.07) is 0. The maximum Gasteiger partial charge on any atom is 0.472 e. The van der Waals surface area contributed by atoms with Crippen molar-refractivity contribution < 1.29 is 80.2 Å². The Morgan fingerprint density at radius 3 is 0.826 bits per heavy atom. The Labute approximate surface area is 524 Å². The molecule has 6 atom stereocenters. The van der Waals surface area contributed by atoms with Gasteiger partial charge in [0.1, 0.15) is 19.3 Å². The summed E-state index contributed by atoms with van der Waals surface area (Å²) in [5.41, 5.74) is 0. The highest BCUT2D eigenvalue weighted by molar-refractivity contribution is 7.47. The number of hydrogen-bond acceptors (Lipinski definition) is 15. The molecule has 0 rings (SSSR count). The lowest BCUT2D eigenvalue weighted by Gasteiger charge is -2.21. The monoisotopic (exact) mass is 1270 g/mol. The minimum Gasteiger partial charge on any atom is -0.462 e. The molecule has 0 radical (unpaired) electrons. The summed E-state index contributed by atoms with van der Waals surface area (Å²) < 4.78 is 67.6. The van der Waals surface area contributed by atoms with Crippen LogP contribution in [-0.2, 0) is 65.4 Å². The number of carbonyl (C=O) groups excluding carboxylic acids is 4. The normalized spacial score (nSPS) is 14.5. The van der Waals surface area contributed by atoms with Crippen LogP contribution in [-0.4, -0.2) is 96.7 Å². The second-order valence-corrected chi connectivity index (χ2v) is 27.4. The van der Waals surface area contributed by atoms with Crippen LogP contribution in [0.15, 0.2) is 0 Å². The SMILES string of the molecule is CCCCCCCCCCCCCCCCC(=O)OC[C@H](COP(=O)(O)OC[C@@H](O)COP(=O)(O)OC[C@@H](COC(=O)CCCCCCC)OC(=O)CCCCCCC)OC(=O)CCCCCCCCCCCCCCCCCCCCC(C)CC. The molecule has 0 aromatic rings. The number of hydrogen-bond donors (Lipinski definition) is 3. The third-order valence-electron chi connectivity index (χ3n) is 15.9. The standard InChI is InChI=1S/C67H130O17P2/c1-6-10-13-16-17-18-19-20-28-31-34-37-42-46-51-65(70)78-57-63(84-67(72)53-48-43-38-35-32-29-26-24-22-21-23-25-27-30-33-36-41-44-49-60(5)9-4)59-82-86(75,76)80-55-61(68)54-79-85(73,74)81-58-62(83-66(71)52-47-40-15-12-8-3)56-77-64(69)50-45-39-14-11-7-2/h60-63,68H,6-59H2,1-5H3,(H,73,74)(H,75,76)/t60?,61-,62+,63+/m0/s1. The van der Waals surface area contributed by atoms with Crippen molar-refractivity contribution in [3.63, 3.8) is 0 Å². The Bertz CT molecular complexity index is 1670. The van der Waals surface area contributed by atoms with E-state index in [-0.39, 0.29) is 25.7 Å². The Morgan fingerprint density at radius 1 is 0.326 bits per heavy atom. The molecule has 3 N–H and O–H groups in total. The maximum absolute atomic E-state index is 13.0. The molecule has 0 bridgehead atoms. The summed E-state index contributed by atoms with van der Waals surface area (Å²) in [5.74, 6) is -1.28. The number of carbonyl (C=O) groups is 4. The van der Waals surface area contributed by atoms with Crippen molar-refractivity contribution in [3.8, 4) is 0 Å². The van der Waals surface area contributed by atoms with E-state index < -0.39 is 97.5 Å². The Kier molecular flexibility index (Phi) is 59.2.